The predicted octanol–water partition coefficient (Wildman–Crippen LogP) is 0.265. The molecule has 0 radical (unpaired) electrons. The molecule has 0 spiro atoms. The molecule has 1 rings (SSSR count). The zero-order valence-corrected chi connectivity index (χ0v) is 5.66. The standard InChI is InChI=1S/C6H10N2O/c1-5(2)8-4-7-3-6(8)9/h3,5H,4H2,1-2H3. The lowest BCUT2D eigenvalue weighted by molar-refractivity contribution is -0.123. The van der Waals surface area contributed by atoms with Crippen molar-refractivity contribution in [2.75, 3.05) is 6.67 Å². The maximum absolute atomic E-state index is 10.8. The summed E-state index contributed by atoms with van der Waals surface area (Å²) in [6, 6.07) is 0.278. The van der Waals surface area contributed by atoms with Gasteiger partial charge in [-0.05, 0) is 13.8 Å². The molecular weight excluding hydrogens is 116 g/mol. The van der Waals surface area contributed by atoms with Crippen LogP contribution in [0.25, 0.3) is 0 Å². The van der Waals surface area contributed by atoms with Gasteiger partial charge in [-0.25, -0.2) is 0 Å². The zero-order valence-electron chi connectivity index (χ0n) is 5.66. The van der Waals surface area contributed by atoms with Crippen LogP contribution in [0.4, 0.5) is 0 Å². The molecule has 0 aromatic carbocycles. The van der Waals surface area contributed by atoms with Crippen molar-refractivity contribution in [3.05, 3.63) is 0 Å². The fraction of sp³-hybridized carbons (Fsp3) is 0.667. The molecule has 0 saturated heterocycles. The first kappa shape index (κ1) is 6.26. The molecule has 1 heterocycles. The van der Waals surface area contributed by atoms with Gasteiger partial charge in [-0.1, -0.05) is 0 Å². The van der Waals surface area contributed by atoms with Gasteiger partial charge in [-0.3, -0.25) is 9.79 Å². The maximum atomic E-state index is 10.8. The van der Waals surface area contributed by atoms with E-state index in [-0.39, 0.29) is 11.9 Å². The van der Waals surface area contributed by atoms with E-state index in [1.165, 1.54) is 6.21 Å². The van der Waals surface area contributed by atoms with Crippen LogP contribution in [0.1, 0.15) is 13.8 Å². The van der Waals surface area contributed by atoms with Crippen molar-refractivity contribution >= 4 is 12.1 Å². The van der Waals surface area contributed by atoms with Gasteiger partial charge in [0.2, 0.25) is 0 Å². The molecule has 0 unspecified atom stereocenters. The second-order valence-corrected chi connectivity index (χ2v) is 2.35. The Morgan fingerprint density at radius 3 is 2.67 bits per heavy atom. The summed E-state index contributed by atoms with van der Waals surface area (Å²) in [5.74, 6) is 0.0324. The third kappa shape index (κ3) is 1.09. The van der Waals surface area contributed by atoms with E-state index in [4.69, 9.17) is 0 Å². The Hall–Kier alpha value is -0.860. The van der Waals surface area contributed by atoms with Crippen LogP contribution in [0.3, 0.4) is 0 Å². The molecule has 0 aliphatic carbocycles. The minimum absolute atomic E-state index is 0.0324. The Kier molecular flexibility index (Phi) is 1.51. The molecule has 0 fully saturated rings. The minimum Gasteiger partial charge on any atom is -0.316 e. The molecule has 3 heteroatoms. The van der Waals surface area contributed by atoms with Crippen LogP contribution in [-0.4, -0.2) is 29.7 Å². The molecule has 9 heavy (non-hydrogen) atoms. The molecule has 0 aromatic heterocycles. The number of amides is 1. The highest BCUT2D eigenvalue weighted by molar-refractivity contribution is 6.27. The van der Waals surface area contributed by atoms with Crippen molar-refractivity contribution in [2.45, 2.75) is 19.9 Å². The molecule has 1 aliphatic heterocycles. The second-order valence-electron chi connectivity index (χ2n) is 2.35. The number of hydrogen-bond donors (Lipinski definition) is 0. The Morgan fingerprint density at radius 2 is 2.44 bits per heavy atom. The van der Waals surface area contributed by atoms with Gasteiger partial charge in [0.05, 0.1) is 6.21 Å². The Labute approximate surface area is 54.4 Å². The molecule has 0 saturated carbocycles. The van der Waals surface area contributed by atoms with E-state index >= 15 is 0 Å². The third-order valence-electron chi connectivity index (χ3n) is 1.34. The topological polar surface area (TPSA) is 32.7 Å². The highest BCUT2D eigenvalue weighted by Gasteiger charge is 2.17. The van der Waals surface area contributed by atoms with Crippen LogP contribution in [0.15, 0.2) is 4.99 Å². The summed E-state index contributed by atoms with van der Waals surface area (Å²) in [5.41, 5.74) is 0. The molecule has 0 bridgehead atoms. The molecule has 0 aromatic rings. The third-order valence-corrected chi connectivity index (χ3v) is 1.34. The molecule has 1 amide bonds. The normalized spacial score (nSPS) is 18.1. The molecule has 50 valence electrons. The first-order chi connectivity index (χ1) is 4.22. The SMILES string of the molecule is CC(C)N1CN=CC1=O. The van der Waals surface area contributed by atoms with Crippen LogP contribution in [0, 0.1) is 0 Å². The lowest BCUT2D eigenvalue weighted by atomic mass is 10.3. The van der Waals surface area contributed by atoms with Gasteiger partial charge >= 0.3 is 0 Å². The summed E-state index contributed by atoms with van der Waals surface area (Å²) in [5, 5.41) is 0. The fourth-order valence-corrected chi connectivity index (χ4v) is 0.769. The van der Waals surface area contributed by atoms with Gasteiger partial charge in [0.25, 0.3) is 5.91 Å². The summed E-state index contributed by atoms with van der Waals surface area (Å²) in [6.07, 6.45) is 1.38. The average molecular weight is 126 g/mol. The Bertz CT molecular complexity index is 151. The summed E-state index contributed by atoms with van der Waals surface area (Å²) in [6.45, 7) is 4.50. The summed E-state index contributed by atoms with van der Waals surface area (Å²) in [4.78, 5) is 16.3. The molecule has 3 nitrogen and oxygen atoms in total. The van der Waals surface area contributed by atoms with E-state index in [9.17, 15) is 4.79 Å². The van der Waals surface area contributed by atoms with E-state index in [0.29, 0.717) is 6.67 Å². The first-order valence-corrected chi connectivity index (χ1v) is 3.02. The lowest BCUT2D eigenvalue weighted by Crippen LogP contribution is -2.33. The number of nitrogens with zero attached hydrogens (tertiary/aromatic N) is 2. The highest BCUT2D eigenvalue weighted by Crippen LogP contribution is 2.01. The Balaban J connectivity index is 2.56. The van der Waals surface area contributed by atoms with E-state index in [0.717, 1.165) is 0 Å². The van der Waals surface area contributed by atoms with Crippen LogP contribution in [0.5, 0.6) is 0 Å². The predicted molar refractivity (Wildman–Crippen MR) is 35.3 cm³/mol. The molecular formula is C6H10N2O. The van der Waals surface area contributed by atoms with Crippen molar-refractivity contribution in [3.63, 3.8) is 0 Å². The zero-order chi connectivity index (χ0) is 6.85. The van der Waals surface area contributed by atoms with Gasteiger partial charge in [0, 0.05) is 6.04 Å². The number of hydrogen-bond acceptors (Lipinski definition) is 2. The first-order valence-electron chi connectivity index (χ1n) is 3.02. The van der Waals surface area contributed by atoms with Gasteiger partial charge in [0.1, 0.15) is 6.67 Å². The molecule has 0 atom stereocenters. The monoisotopic (exact) mass is 126 g/mol. The smallest absolute Gasteiger partial charge is 0.266 e. The van der Waals surface area contributed by atoms with E-state index in [1.54, 1.807) is 4.90 Å². The molecule has 0 N–H and O–H groups in total. The Morgan fingerprint density at radius 1 is 1.78 bits per heavy atom. The van der Waals surface area contributed by atoms with Crippen LogP contribution in [-0.2, 0) is 4.79 Å². The minimum atomic E-state index is 0.0324. The van der Waals surface area contributed by atoms with E-state index in [1.807, 2.05) is 13.8 Å². The fourth-order valence-electron chi connectivity index (χ4n) is 0.769. The molecule has 1 aliphatic rings. The lowest BCUT2D eigenvalue weighted by Gasteiger charge is -2.17. The van der Waals surface area contributed by atoms with Crippen molar-refractivity contribution in [3.8, 4) is 0 Å². The average Bonchev–Trinajstić information content (AvgIpc) is 2.13. The van der Waals surface area contributed by atoms with Crippen molar-refractivity contribution in [1.29, 1.82) is 0 Å². The second kappa shape index (κ2) is 2.17. The van der Waals surface area contributed by atoms with E-state index in [2.05, 4.69) is 4.99 Å². The van der Waals surface area contributed by atoms with Gasteiger partial charge in [0.15, 0.2) is 0 Å². The largest absolute Gasteiger partial charge is 0.316 e. The van der Waals surface area contributed by atoms with Crippen molar-refractivity contribution < 1.29 is 4.79 Å². The van der Waals surface area contributed by atoms with E-state index < -0.39 is 0 Å². The number of rotatable bonds is 1. The number of aliphatic imine (C=N–C) groups is 1. The quantitative estimate of drug-likeness (QED) is 0.496. The van der Waals surface area contributed by atoms with Crippen LogP contribution >= 0.6 is 0 Å². The summed E-state index contributed by atoms with van der Waals surface area (Å²) in [7, 11) is 0. The maximum Gasteiger partial charge on any atom is 0.266 e. The van der Waals surface area contributed by atoms with Gasteiger partial charge in [-0.15, -0.1) is 0 Å². The summed E-state index contributed by atoms with van der Waals surface area (Å²) < 4.78 is 0. The van der Waals surface area contributed by atoms with Crippen molar-refractivity contribution in [2.24, 2.45) is 4.99 Å². The highest BCUT2D eigenvalue weighted by atomic mass is 16.2. The van der Waals surface area contributed by atoms with Crippen LogP contribution in [0.2, 0.25) is 0 Å². The van der Waals surface area contributed by atoms with Crippen molar-refractivity contribution in [1.82, 2.24) is 4.90 Å². The van der Waals surface area contributed by atoms with Crippen LogP contribution < -0.4 is 0 Å². The number of carbonyl (C=O) groups excluding carboxylic acids is 1. The van der Waals surface area contributed by atoms with Gasteiger partial charge < -0.3 is 4.90 Å². The summed E-state index contributed by atoms with van der Waals surface area (Å²) >= 11 is 0. The van der Waals surface area contributed by atoms with Gasteiger partial charge in [-0.2, -0.15) is 0 Å². The number of carbonyl (C=O) groups is 1.